The van der Waals surface area contributed by atoms with Gasteiger partial charge in [-0.25, -0.2) is 0 Å². The third-order valence-electron chi connectivity index (χ3n) is 10.1. The van der Waals surface area contributed by atoms with E-state index in [4.69, 9.17) is 4.99 Å². The molecule has 0 aromatic heterocycles. The maximum atomic E-state index is 5.53. The summed E-state index contributed by atoms with van der Waals surface area (Å²) in [5, 5.41) is 6.26. The van der Waals surface area contributed by atoms with Crippen LogP contribution in [0, 0.1) is 0 Å². The number of benzene rings is 7. The first-order chi connectivity index (χ1) is 22.3. The van der Waals surface area contributed by atoms with E-state index < -0.39 is 0 Å². The number of anilines is 1. The van der Waals surface area contributed by atoms with Gasteiger partial charge in [0.15, 0.2) is 0 Å². The van der Waals surface area contributed by atoms with Crippen LogP contribution in [0.1, 0.15) is 45.0 Å². The van der Waals surface area contributed by atoms with E-state index in [1.165, 1.54) is 66.4 Å². The van der Waals surface area contributed by atoms with Gasteiger partial charge in [-0.15, -0.1) is 0 Å². The van der Waals surface area contributed by atoms with E-state index in [-0.39, 0.29) is 11.5 Å². The van der Waals surface area contributed by atoms with Crippen molar-refractivity contribution in [3.63, 3.8) is 0 Å². The van der Waals surface area contributed by atoms with Crippen molar-refractivity contribution in [2.75, 3.05) is 5.32 Å². The molecular formula is C43H28N2. The lowest BCUT2D eigenvalue weighted by molar-refractivity contribution is 0.793. The fourth-order valence-electron chi connectivity index (χ4n) is 8.32. The number of hydrogen-bond acceptors (Lipinski definition) is 2. The highest BCUT2D eigenvalue weighted by molar-refractivity contribution is 6.15. The van der Waals surface area contributed by atoms with E-state index in [1.807, 2.05) is 0 Å². The molecule has 3 aliphatic rings. The van der Waals surface area contributed by atoms with E-state index in [1.54, 1.807) is 0 Å². The Balaban J connectivity index is 1.24. The number of amidine groups is 1. The molecule has 0 saturated heterocycles. The molecular weight excluding hydrogens is 544 g/mol. The van der Waals surface area contributed by atoms with Gasteiger partial charge in [-0.3, -0.25) is 4.99 Å². The summed E-state index contributed by atoms with van der Waals surface area (Å²) >= 11 is 0. The lowest BCUT2D eigenvalue weighted by Gasteiger charge is -2.31. The van der Waals surface area contributed by atoms with Crippen LogP contribution in [0.3, 0.4) is 0 Å². The Bertz CT molecular complexity index is 2330. The summed E-state index contributed by atoms with van der Waals surface area (Å²) in [4.78, 5) is 5.53. The zero-order chi connectivity index (χ0) is 29.5. The van der Waals surface area contributed by atoms with Crippen LogP contribution in [0.5, 0.6) is 0 Å². The lowest BCUT2D eigenvalue weighted by atomic mass is 9.70. The average molecular weight is 573 g/mol. The Hall–Kier alpha value is -5.73. The second-order valence-corrected chi connectivity index (χ2v) is 12.3. The zero-order valence-corrected chi connectivity index (χ0v) is 24.5. The van der Waals surface area contributed by atoms with Gasteiger partial charge in [-0.05, 0) is 73.0 Å². The van der Waals surface area contributed by atoms with Crippen LogP contribution in [-0.2, 0) is 5.41 Å². The third kappa shape index (κ3) is 3.26. The number of rotatable bonds is 2. The van der Waals surface area contributed by atoms with E-state index in [9.17, 15) is 0 Å². The molecule has 0 radical (unpaired) electrons. The first-order valence-corrected chi connectivity index (χ1v) is 15.7. The van der Waals surface area contributed by atoms with Crippen molar-refractivity contribution >= 4 is 22.3 Å². The van der Waals surface area contributed by atoms with E-state index in [2.05, 4.69) is 163 Å². The van der Waals surface area contributed by atoms with Crippen molar-refractivity contribution in [1.29, 1.82) is 0 Å². The highest BCUT2D eigenvalue weighted by Gasteiger charge is 2.52. The highest BCUT2D eigenvalue weighted by atomic mass is 15.0. The van der Waals surface area contributed by atoms with Gasteiger partial charge in [-0.2, -0.15) is 0 Å². The normalized spacial score (nSPS) is 16.3. The third-order valence-corrected chi connectivity index (χ3v) is 10.1. The predicted molar refractivity (Wildman–Crippen MR) is 185 cm³/mol. The van der Waals surface area contributed by atoms with Gasteiger partial charge in [0.25, 0.3) is 0 Å². The summed E-state index contributed by atoms with van der Waals surface area (Å²) in [6.07, 6.45) is 0. The first kappa shape index (κ1) is 24.7. The Labute approximate surface area is 262 Å². The fourth-order valence-corrected chi connectivity index (χ4v) is 8.32. The van der Waals surface area contributed by atoms with Gasteiger partial charge in [0, 0.05) is 16.8 Å². The molecule has 0 fully saturated rings. The Kier molecular flexibility index (Phi) is 5.01. The van der Waals surface area contributed by atoms with E-state index in [0.717, 1.165) is 17.1 Å². The summed E-state index contributed by atoms with van der Waals surface area (Å²) in [6, 6.07) is 57.6. The van der Waals surface area contributed by atoms with Crippen LogP contribution in [-0.4, -0.2) is 5.84 Å². The molecule has 0 saturated carbocycles. The molecule has 1 atom stereocenters. The highest BCUT2D eigenvalue weighted by Crippen LogP contribution is 2.63. The smallest absolute Gasteiger partial charge is 0.134 e. The first-order valence-electron chi connectivity index (χ1n) is 15.7. The van der Waals surface area contributed by atoms with Crippen molar-refractivity contribution in [2.45, 2.75) is 11.5 Å². The molecule has 10 rings (SSSR count). The second kappa shape index (κ2) is 9.14. The Morgan fingerprint density at radius 2 is 1.04 bits per heavy atom. The number of aliphatic imine (C=N–C) groups is 1. The van der Waals surface area contributed by atoms with Crippen molar-refractivity contribution in [3.05, 3.63) is 197 Å². The SMILES string of the molecule is c1ccc2c(c1)NC(c1cccc3c1-c1ccccc1C31c3ccccc3-c3ccccc31)=NC2c1ccc2ccccc2c1. The molecule has 2 heteroatoms. The Morgan fingerprint density at radius 1 is 0.467 bits per heavy atom. The van der Waals surface area contributed by atoms with Crippen molar-refractivity contribution in [2.24, 2.45) is 4.99 Å². The lowest BCUT2D eigenvalue weighted by Crippen LogP contribution is -2.26. The molecule has 2 aliphatic carbocycles. The largest absolute Gasteiger partial charge is 0.340 e. The minimum absolute atomic E-state index is 0.114. The number of hydrogen-bond donors (Lipinski definition) is 1. The minimum Gasteiger partial charge on any atom is -0.340 e. The number of nitrogens with zero attached hydrogens (tertiary/aromatic N) is 1. The quantitative estimate of drug-likeness (QED) is 0.219. The van der Waals surface area contributed by atoms with Crippen LogP contribution in [0.15, 0.2) is 163 Å². The van der Waals surface area contributed by atoms with Crippen LogP contribution in [0.2, 0.25) is 0 Å². The van der Waals surface area contributed by atoms with Crippen LogP contribution in [0.25, 0.3) is 33.0 Å². The molecule has 1 heterocycles. The molecule has 0 amide bonds. The number of para-hydroxylation sites is 1. The fraction of sp³-hybridized carbons (Fsp3) is 0.0465. The maximum absolute atomic E-state index is 5.53. The van der Waals surface area contributed by atoms with Crippen LogP contribution in [0.4, 0.5) is 5.69 Å². The number of fused-ring (bicyclic) bond motifs is 12. The maximum Gasteiger partial charge on any atom is 0.134 e. The zero-order valence-electron chi connectivity index (χ0n) is 24.5. The van der Waals surface area contributed by atoms with Gasteiger partial charge < -0.3 is 5.32 Å². The summed E-state index contributed by atoms with van der Waals surface area (Å²) in [7, 11) is 0. The summed E-state index contributed by atoms with van der Waals surface area (Å²) in [6.45, 7) is 0. The minimum atomic E-state index is -0.375. The molecule has 2 nitrogen and oxygen atoms in total. The molecule has 7 aromatic carbocycles. The van der Waals surface area contributed by atoms with Gasteiger partial charge in [-0.1, -0.05) is 146 Å². The molecule has 7 aromatic rings. The summed E-state index contributed by atoms with van der Waals surface area (Å²) in [5.41, 5.74) is 14.8. The molecule has 1 spiro atoms. The van der Waals surface area contributed by atoms with Crippen molar-refractivity contribution < 1.29 is 0 Å². The molecule has 1 unspecified atom stereocenters. The van der Waals surface area contributed by atoms with Crippen LogP contribution < -0.4 is 5.32 Å². The van der Waals surface area contributed by atoms with Crippen molar-refractivity contribution in [3.8, 4) is 22.3 Å². The topological polar surface area (TPSA) is 24.4 Å². The predicted octanol–water partition coefficient (Wildman–Crippen LogP) is 10.1. The monoisotopic (exact) mass is 572 g/mol. The second-order valence-electron chi connectivity index (χ2n) is 12.3. The number of nitrogens with one attached hydrogen (secondary N) is 1. The average Bonchev–Trinajstić information content (AvgIpc) is 3.59. The molecule has 1 N–H and O–H groups in total. The standard InChI is InChI=1S/C43H28N2/c1-2-13-28-26-29(25-24-27(28)12-1)41-33-17-6-10-23-39(33)44-42(45-41)34-18-11-22-38-40(34)32-16-5-9-21-37(32)43(38)35-19-7-3-14-30(35)31-15-4-8-20-36(31)43/h1-26,41H,(H,44,45). The Morgan fingerprint density at radius 3 is 1.82 bits per heavy atom. The molecule has 0 bridgehead atoms. The van der Waals surface area contributed by atoms with E-state index >= 15 is 0 Å². The van der Waals surface area contributed by atoms with Gasteiger partial charge >= 0.3 is 0 Å². The van der Waals surface area contributed by atoms with E-state index in [0.29, 0.717) is 0 Å². The molecule has 45 heavy (non-hydrogen) atoms. The molecule has 1 aliphatic heterocycles. The van der Waals surface area contributed by atoms with Crippen LogP contribution >= 0.6 is 0 Å². The summed E-state index contributed by atoms with van der Waals surface area (Å²) in [5.74, 6) is 0.912. The van der Waals surface area contributed by atoms with Gasteiger partial charge in [0.2, 0.25) is 0 Å². The van der Waals surface area contributed by atoms with Gasteiger partial charge in [0.05, 0.1) is 5.41 Å². The van der Waals surface area contributed by atoms with Gasteiger partial charge in [0.1, 0.15) is 11.9 Å². The van der Waals surface area contributed by atoms with Crippen molar-refractivity contribution in [1.82, 2.24) is 0 Å². The molecule has 210 valence electrons. The summed E-state index contributed by atoms with van der Waals surface area (Å²) < 4.78 is 0.